The molecule has 0 aliphatic carbocycles. The van der Waals surface area contributed by atoms with Crippen molar-refractivity contribution in [1.29, 1.82) is 0 Å². The van der Waals surface area contributed by atoms with Crippen molar-refractivity contribution in [2.24, 2.45) is 0 Å². The molecule has 0 aromatic rings. The van der Waals surface area contributed by atoms with Gasteiger partial charge in [-0.2, -0.15) is 0 Å². The van der Waals surface area contributed by atoms with Crippen molar-refractivity contribution in [3.05, 3.63) is 10.7 Å². The molecule has 0 spiro atoms. The third-order valence-corrected chi connectivity index (χ3v) is 4.62. The number of halogens is 1. The van der Waals surface area contributed by atoms with Gasteiger partial charge in [0.25, 0.3) is 5.91 Å². The number of thioether (sulfide) groups is 1. The zero-order valence-corrected chi connectivity index (χ0v) is 13.8. The van der Waals surface area contributed by atoms with Gasteiger partial charge in [-0.3, -0.25) is 14.5 Å². The Balaban J connectivity index is 2.21. The molecule has 0 bridgehead atoms. The smallest absolute Gasteiger partial charge is 0.356 e. The Morgan fingerprint density at radius 3 is 2.57 bits per heavy atom. The van der Waals surface area contributed by atoms with E-state index in [-0.39, 0.29) is 22.9 Å². The van der Waals surface area contributed by atoms with E-state index in [4.69, 9.17) is 16.3 Å². The number of esters is 1. The second-order valence-corrected chi connectivity index (χ2v) is 7.40. The fraction of sp³-hybridized carbons (Fsp3) is 0.615. The van der Waals surface area contributed by atoms with Crippen LogP contribution in [0.5, 0.6) is 0 Å². The SMILES string of the molecule is CC(=O)NC1C(=O)N2C(C(=O)OC(C)(C)C)=C(Cl)CS[C@H]12. The van der Waals surface area contributed by atoms with Crippen molar-refractivity contribution < 1.29 is 19.1 Å². The second kappa shape index (κ2) is 5.53. The molecule has 0 radical (unpaired) electrons. The van der Waals surface area contributed by atoms with E-state index >= 15 is 0 Å². The van der Waals surface area contributed by atoms with Crippen molar-refractivity contribution in [3.8, 4) is 0 Å². The first-order chi connectivity index (χ1) is 9.61. The maximum Gasteiger partial charge on any atom is 0.356 e. The quantitative estimate of drug-likeness (QED) is 0.607. The number of ether oxygens (including phenoxy) is 1. The number of amides is 2. The Labute approximate surface area is 132 Å². The average molecular weight is 333 g/mol. The topological polar surface area (TPSA) is 75.7 Å². The summed E-state index contributed by atoms with van der Waals surface area (Å²) in [6.45, 7) is 6.58. The first kappa shape index (κ1) is 16.2. The molecule has 2 amide bonds. The minimum atomic E-state index is -0.674. The van der Waals surface area contributed by atoms with Crippen LogP contribution in [0.1, 0.15) is 27.7 Å². The Bertz CT molecular complexity index is 541. The highest BCUT2D eigenvalue weighted by Crippen LogP contribution is 2.41. The molecule has 0 saturated carbocycles. The van der Waals surface area contributed by atoms with Crippen LogP contribution in [0.15, 0.2) is 10.7 Å². The van der Waals surface area contributed by atoms with Crippen molar-refractivity contribution >= 4 is 41.1 Å². The summed E-state index contributed by atoms with van der Waals surface area (Å²) < 4.78 is 5.29. The van der Waals surface area contributed by atoms with Crippen LogP contribution in [0, 0.1) is 0 Å². The number of nitrogens with one attached hydrogen (secondary N) is 1. The molecule has 0 aromatic heterocycles. The van der Waals surface area contributed by atoms with Crippen LogP contribution in [0.25, 0.3) is 0 Å². The lowest BCUT2D eigenvalue weighted by Crippen LogP contribution is -2.70. The Morgan fingerprint density at radius 2 is 2.05 bits per heavy atom. The minimum Gasteiger partial charge on any atom is -0.455 e. The zero-order chi connectivity index (χ0) is 15.9. The Hall–Kier alpha value is -1.21. The summed E-state index contributed by atoms with van der Waals surface area (Å²) in [6, 6.07) is -0.616. The van der Waals surface area contributed by atoms with Crippen molar-refractivity contribution in [2.45, 2.75) is 44.7 Å². The van der Waals surface area contributed by atoms with Gasteiger partial charge in [-0.15, -0.1) is 11.8 Å². The molecule has 116 valence electrons. The van der Waals surface area contributed by atoms with Crippen molar-refractivity contribution in [3.63, 3.8) is 0 Å². The standard InChI is InChI=1S/C13H17ClN2O4S/c1-6(17)15-8-10(18)16-9(7(14)5-21-11(8)16)12(19)20-13(2,3)4/h8,11H,5H2,1-4H3,(H,15,17)/t8?,11-/m1/s1. The molecule has 8 heteroatoms. The highest BCUT2D eigenvalue weighted by atomic mass is 35.5. The van der Waals surface area contributed by atoms with Gasteiger partial charge in [-0.25, -0.2) is 4.79 Å². The predicted molar refractivity (Wildman–Crippen MR) is 79.4 cm³/mol. The van der Waals surface area contributed by atoms with E-state index in [1.165, 1.54) is 23.6 Å². The van der Waals surface area contributed by atoms with Gasteiger partial charge in [-0.05, 0) is 20.8 Å². The summed E-state index contributed by atoms with van der Waals surface area (Å²) >= 11 is 7.50. The number of rotatable bonds is 2. The van der Waals surface area contributed by atoms with Crippen LogP contribution >= 0.6 is 23.4 Å². The van der Waals surface area contributed by atoms with Gasteiger partial charge < -0.3 is 10.1 Å². The minimum absolute atomic E-state index is 0.0851. The lowest BCUT2D eigenvalue weighted by atomic mass is 10.0. The highest BCUT2D eigenvalue weighted by Gasteiger charge is 2.54. The molecule has 1 unspecified atom stereocenters. The summed E-state index contributed by atoms with van der Waals surface area (Å²) in [6.07, 6.45) is 0. The molecule has 1 N–H and O–H groups in total. The average Bonchev–Trinajstić information content (AvgIpc) is 2.33. The van der Waals surface area contributed by atoms with Crippen LogP contribution < -0.4 is 5.32 Å². The van der Waals surface area contributed by atoms with Gasteiger partial charge >= 0.3 is 5.97 Å². The maximum atomic E-state index is 12.2. The number of nitrogens with zero attached hydrogens (tertiary/aromatic N) is 1. The molecule has 2 heterocycles. The van der Waals surface area contributed by atoms with Gasteiger partial charge in [0, 0.05) is 12.7 Å². The highest BCUT2D eigenvalue weighted by molar-refractivity contribution is 8.00. The molecular weight excluding hydrogens is 316 g/mol. The largest absolute Gasteiger partial charge is 0.455 e. The van der Waals surface area contributed by atoms with Crippen molar-refractivity contribution in [1.82, 2.24) is 10.2 Å². The number of carbonyl (C=O) groups is 3. The van der Waals surface area contributed by atoms with E-state index in [0.717, 1.165) is 0 Å². The van der Waals surface area contributed by atoms with Crippen molar-refractivity contribution in [2.75, 3.05) is 5.75 Å². The van der Waals surface area contributed by atoms with Crippen LogP contribution in [-0.2, 0) is 19.1 Å². The summed E-state index contributed by atoms with van der Waals surface area (Å²) in [5, 5.41) is 2.56. The number of β-lactam (4-membered cyclic amide) rings is 1. The number of hydrogen-bond acceptors (Lipinski definition) is 5. The first-order valence-corrected chi connectivity index (χ1v) is 7.88. The Kier molecular flexibility index (Phi) is 4.26. The molecule has 2 atom stereocenters. The molecule has 0 aromatic carbocycles. The molecule has 1 saturated heterocycles. The third-order valence-electron chi connectivity index (χ3n) is 2.87. The van der Waals surface area contributed by atoms with Gasteiger partial charge in [-0.1, -0.05) is 11.6 Å². The number of carbonyl (C=O) groups excluding carboxylic acids is 3. The lowest BCUT2D eigenvalue weighted by molar-refractivity contribution is -0.158. The molecule has 2 aliphatic heterocycles. The van der Waals surface area contributed by atoms with Gasteiger partial charge in [0.1, 0.15) is 22.7 Å². The molecule has 6 nitrogen and oxygen atoms in total. The van der Waals surface area contributed by atoms with Gasteiger partial charge in [0.05, 0.1) is 5.03 Å². The maximum absolute atomic E-state index is 12.2. The fourth-order valence-corrected chi connectivity index (χ4v) is 3.66. The van der Waals surface area contributed by atoms with E-state index in [1.807, 2.05) is 0 Å². The van der Waals surface area contributed by atoms with Gasteiger partial charge in [0.15, 0.2) is 0 Å². The van der Waals surface area contributed by atoms with E-state index in [0.29, 0.717) is 10.8 Å². The molecule has 2 aliphatic rings. The van der Waals surface area contributed by atoms with E-state index < -0.39 is 17.6 Å². The summed E-state index contributed by atoms with van der Waals surface area (Å²) in [4.78, 5) is 36.8. The van der Waals surface area contributed by atoms with Crippen LogP contribution in [0.2, 0.25) is 0 Å². The zero-order valence-electron chi connectivity index (χ0n) is 12.2. The summed E-state index contributed by atoms with van der Waals surface area (Å²) in [7, 11) is 0. The third kappa shape index (κ3) is 3.18. The second-order valence-electron chi connectivity index (χ2n) is 5.84. The van der Waals surface area contributed by atoms with E-state index in [1.54, 1.807) is 20.8 Å². The summed E-state index contributed by atoms with van der Waals surface area (Å²) in [5.41, 5.74) is -0.589. The molecule has 1 fully saturated rings. The fourth-order valence-electron chi connectivity index (χ4n) is 2.12. The lowest BCUT2D eigenvalue weighted by Gasteiger charge is -2.49. The molecular formula is C13H17ClN2O4S. The summed E-state index contributed by atoms with van der Waals surface area (Å²) in [5.74, 6) is -0.845. The van der Waals surface area contributed by atoms with Crippen LogP contribution in [0.3, 0.4) is 0 Å². The number of hydrogen-bond donors (Lipinski definition) is 1. The predicted octanol–water partition coefficient (Wildman–Crippen LogP) is 1.20. The Morgan fingerprint density at radius 1 is 1.43 bits per heavy atom. The van der Waals surface area contributed by atoms with Gasteiger partial charge in [0.2, 0.25) is 5.91 Å². The van der Waals surface area contributed by atoms with E-state index in [2.05, 4.69) is 5.32 Å². The first-order valence-electron chi connectivity index (χ1n) is 6.45. The van der Waals surface area contributed by atoms with E-state index in [9.17, 15) is 14.4 Å². The number of fused-ring (bicyclic) bond motifs is 1. The van der Waals surface area contributed by atoms with Crippen LogP contribution in [-0.4, -0.2) is 45.5 Å². The molecule has 2 rings (SSSR count). The normalized spacial score (nSPS) is 25.2. The molecule has 21 heavy (non-hydrogen) atoms. The van der Waals surface area contributed by atoms with Crippen LogP contribution in [0.4, 0.5) is 0 Å². The monoisotopic (exact) mass is 332 g/mol.